The van der Waals surface area contributed by atoms with Crippen molar-refractivity contribution in [1.29, 1.82) is 0 Å². The van der Waals surface area contributed by atoms with E-state index in [1.165, 1.54) is 51.4 Å². The van der Waals surface area contributed by atoms with E-state index in [4.69, 9.17) is 9.84 Å². The first-order valence-electron chi connectivity index (χ1n) is 13.2. The van der Waals surface area contributed by atoms with Gasteiger partial charge in [0.25, 0.3) is 0 Å². The lowest BCUT2D eigenvalue weighted by atomic mass is 10.1. The highest BCUT2D eigenvalue weighted by atomic mass is 16.5. The Morgan fingerprint density at radius 3 is 2.00 bits per heavy atom. The van der Waals surface area contributed by atoms with E-state index >= 15 is 0 Å². The Labute approximate surface area is 210 Å². The van der Waals surface area contributed by atoms with Crippen LogP contribution in [0.3, 0.4) is 0 Å². The number of rotatable bonds is 20. The zero-order chi connectivity index (χ0) is 25.6. The molecule has 0 radical (unpaired) electrons. The lowest BCUT2D eigenvalue weighted by Crippen LogP contribution is -2.46. The molecule has 1 aromatic rings. The molecule has 198 valence electrons. The zero-order valence-corrected chi connectivity index (χ0v) is 21.4. The molecule has 0 saturated heterocycles. The van der Waals surface area contributed by atoms with Gasteiger partial charge in [0.1, 0.15) is 12.6 Å². The number of ether oxygens (including phenoxy) is 1. The molecule has 0 unspecified atom stereocenters. The Kier molecular flexibility index (Phi) is 17.8. The first kappa shape index (κ1) is 30.3. The van der Waals surface area contributed by atoms with Gasteiger partial charge >= 0.3 is 12.2 Å². The standard InChI is InChI=1S/C27H45N3O5/c1-2-3-4-5-6-7-8-9-10-15-20-28-25(31)24(30-26(32)33)19-14-16-21-29-27(34)35-22-23-17-12-11-13-18-23/h11-13,17-18,24,30H,2-10,14-16,19-22H2,1H3,(H,28,31)(H,29,34)(H,32,33)/t24-/m0/s1. The van der Waals surface area contributed by atoms with E-state index in [9.17, 15) is 14.4 Å². The summed E-state index contributed by atoms with van der Waals surface area (Å²) in [6, 6.07) is 8.63. The molecule has 8 nitrogen and oxygen atoms in total. The van der Waals surface area contributed by atoms with Gasteiger partial charge in [0.05, 0.1) is 0 Å². The Balaban J connectivity index is 2.10. The molecule has 0 bridgehead atoms. The number of amides is 3. The van der Waals surface area contributed by atoms with E-state index in [-0.39, 0.29) is 12.5 Å². The summed E-state index contributed by atoms with van der Waals surface area (Å²) in [4.78, 5) is 35.2. The third-order valence-corrected chi connectivity index (χ3v) is 5.85. The van der Waals surface area contributed by atoms with Crippen LogP contribution in [0.25, 0.3) is 0 Å². The van der Waals surface area contributed by atoms with Crippen molar-refractivity contribution in [2.75, 3.05) is 13.1 Å². The second-order valence-corrected chi connectivity index (χ2v) is 8.96. The fourth-order valence-electron chi connectivity index (χ4n) is 3.80. The Bertz CT molecular complexity index is 699. The number of alkyl carbamates (subject to hydrolysis) is 1. The molecular formula is C27H45N3O5. The van der Waals surface area contributed by atoms with Crippen LogP contribution < -0.4 is 16.0 Å². The van der Waals surface area contributed by atoms with E-state index in [1.54, 1.807) is 0 Å². The second kappa shape index (κ2) is 20.6. The maximum Gasteiger partial charge on any atom is 0.407 e. The third kappa shape index (κ3) is 17.3. The molecule has 0 aliphatic rings. The molecule has 35 heavy (non-hydrogen) atoms. The number of nitrogens with one attached hydrogen (secondary N) is 3. The third-order valence-electron chi connectivity index (χ3n) is 5.85. The topological polar surface area (TPSA) is 117 Å². The van der Waals surface area contributed by atoms with Gasteiger partial charge in [-0.05, 0) is 31.2 Å². The van der Waals surface area contributed by atoms with Crippen molar-refractivity contribution < 1.29 is 24.2 Å². The average Bonchev–Trinajstić information content (AvgIpc) is 2.85. The van der Waals surface area contributed by atoms with Crippen molar-refractivity contribution in [2.24, 2.45) is 0 Å². The van der Waals surface area contributed by atoms with Crippen LogP contribution in [-0.2, 0) is 16.1 Å². The van der Waals surface area contributed by atoms with Crippen LogP contribution in [0.15, 0.2) is 30.3 Å². The first-order chi connectivity index (χ1) is 17.0. The van der Waals surface area contributed by atoms with Crippen molar-refractivity contribution in [2.45, 2.75) is 103 Å². The van der Waals surface area contributed by atoms with Crippen LogP contribution >= 0.6 is 0 Å². The summed E-state index contributed by atoms with van der Waals surface area (Å²) < 4.78 is 5.15. The monoisotopic (exact) mass is 491 g/mol. The number of carboxylic acid groups (broad SMARTS) is 1. The quantitative estimate of drug-likeness (QED) is 0.173. The Morgan fingerprint density at radius 2 is 1.37 bits per heavy atom. The predicted octanol–water partition coefficient (Wildman–Crippen LogP) is 5.76. The van der Waals surface area contributed by atoms with Gasteiger partial charge in [-0.25, -0.2) is 9.59 Å². The van der Waals surface area contributed by atoms with Crippen molar-refractivity contribution in [3.8, 4) is 0 Å². The van der Waals surface area contributed by atoms with E-state index < -0.39 is 18.2 Å². The van der Waals surface area contributed by atoms with Crippen molar-refractivity contribution in [1.82, 2.24) is 16.0 Å². The van der Waals surface area contributed by atoms with Crippen LogP contribution in [0.2, 0.25) is 0 Å². The fourth-order valence-corrected chi connectivity index (χ4v) is 3.80. The Morgan fingerprint density at radius 1 is 0.800 bits per heavy atom. The van der Waals surface area contributed by atoms with Crippen molar-refractivity contribution in [3.63, 3.8) is 0 Å². The van der Waals surface area contributed by atoms with Crippen LogP contribution in [0.5, 0.6) is 0 Å². The van der Waals surface area contributed by atoms with Gasteiger partial charge in [-0.2, -0.15) is 0 Å². The summed E-state index contributed by atoms with van der Waals surface area (Å²) in [5, 5.41) is 16.9. The van der Waals surface area contributed by atoms with E-state index in [0.717, 1.165) is 18.4 Å². The molecule has 0 aliphatic heterocycles. The molecular weight excluding hydrogens is 446 g/mol. The smallest absolute Gasteiger partial charge is 0.407 e. The van der Waals surface area contributed by atoms with Crippen LogP contribution in [0.1, 0.15) is 96.0 Å². The minimum atomic E-state index is -1.22. The van der Waals surface area contributed by atoms with Gasteiger partial charge in [0.15, 0.2) is 0 Å². The first-order valence-corrected chi connectivity index (χ1v) is 13.2. The molecule has 4 N–H and O–H groups in total. The molecule has 0 aromatic heterocycles. The van der Waals surface area contributed by atoms with Gasteiger partial charge in [0.2, 0.25) is 5.91 Å². The van der Waals surface area contributed by atoms with Gasteiger partial charge in [-0.15, -0.1) is 0 Å². The maximum atomic E-state index is 12.4. The van der Waals surface area contributed by atoms with E-state index in [0.29, 0.717) is 32.4 Å². The molecule has 0 heterocycles. The molecule has 0 fully saturated rings. The van der Waals surface area contributed by atoms with Gasteiger partial charge in [0, 0.05) is 13.1 Å². The number of carbonyl (C=O) groups is 3. The lowest BCUT2D eigenvalue weighted by Gasteiger charge is -2.17. The lowest BCUT2D eigenvalue weighted by molar-refractivity contribution is -0.123. The largest absolute Gasteiger partial charge is 0.465 e. The molecule has 1 atom stereocenters. The molecule has 0 spiro atoms. The number of hydrogen-bond donors (Lipinski definition) is 4. The number of carbonyl (C=O) groups excluding carboxylic acids is 2. The van der Waals surface area contributed by atoms with Crippen LogP contribution in [0, 0.1) is 0 Å². The second-order valence-electron chi connectivity index (χ2n) is 8.96. The highest BCUT2D eigenvalue weighted by Crippen LogP contribution is 2.10. The highest BCUT2D eigenvalue weighted by molar-refractivity contribution is 5.85. The van der Waals surface area contributed by atoms with Crippen LogP contribution in [-0.4, -0.2) is 42.3 Å². The summed E-state index contributed by atoms with van der Waals surface area (Å²) in [5.41, 5.74) is 0.911. The summed E-state index contributed by atoms with van der Waals surface area (Å²) in [6.07, 6.45) is 12.1. The van der Waals surface area contributed by atoms with Gasteiger partial charge in [-0.1, -0.05) is 95.0 Å². The van der Waals surface area contributed by atoms with E-state index in [1.807, 2.05) is 30.3 Å². The normalized spacial score (nSPS) is 11.5. The van der Waals surface area contributed by atoms with Crippen molar-refractivity contribution in [3.05, 3.63) is 35.9 Å². The molecule has 1 rings (SSSR count). The predicted molar refractivity (Wildman–Crippen MR) is 138 cm³/mol. The summed E-state index contributed by atoms with van der Waals surface area (Å²) in [5.74, 6) is -0.293. The summed E-state index contributed by atoms with van der Waals surface area (Å²) >= 11 is 0. The minimum Gasteiger partial charge on any atom is -0.465 e. The number of unbranched alkanes of at least 4 members (excludes halogenated alkanes) is 10. The maximum absolute atomic E-state index is 12.4. The molecule has 3 amide bonds. The fraction of sp³-hybridized carbons (Fsp3) is 0.667. The number of hydrogen-bond acceptors (Lipinski definition) is 4. The molecule has 1 aromatic carbocycles. The molecule has 0 saturated carbocycles. The van der Waals surface area contributed by atoms with E-state index in [2.05, 4.69) is 22.9 Å². The zero-order valence-electron chi connectivity index (χ0n) is 21.4. The summed E-state index contributed by atoms with van der Waals surface area (Å²) in [7, 11) is 0. The SMILES string of the molecule is CCCCCCCCCCCCNC(=O)[C@H](CCCCNC(=O)OCc1ccccc1)NC(=O)O. The van der Waals surface area contributed by atoms with Crippen LogP contribution in [0.4, 0.5) is 9.59 Å². The summed E-state index contributed by atoms with van der Waals surface area (Å²) in [6.45, 7) is 3.39. The molecule has 8 heteroatoms. The highest BCUT2D eigenvalue weighted by Gasteiger charge is 2.19. The minimum absolute atomic E-state index is 0.205. The van der Waals surface area contributed by atoms with Gasteiger partial charge < -0.3 is 25.8 Å². The Hall–Kier alpha value is -2.77. The molecule has 0 aliphatic carbocycles. The van der Waals surface area contributed by atoms with Crippen molar-refractivity contribution >= 4 is 18.1 Å². The van der Waals surface area contributed by atoms with Gasteiger partial charge in [-0.3, -0.25) is 4.79 Å². The average molecular weight is 492 g/mol. The number of benzene rings is 1.